The van der Waals surface area contributed by atoms with Crippen molar-refractivity contribution in [3.63, 3.8) is 0 Å². The van der Waals surface area contributed by atoms with Crippen molar-refractivity contribution in [2.45, 2.75) is 27.3 Å². The Morgan fingerprint density at radius 1 is 1.12 bits per heavy atom. The molecule has 1 heterocycles. The third-order valence-electron chi connectivity index (χ3n) is 3.76. The van der Waals surface area contributed by atoms with E-state index in [0.717, 1.165) is 22.4 Å². The van der Waals surface area contributed by atoms with Gasteiger partial charge in [-0.2, -0.15) is 11.3 Å². The maximum absolute atomic E-state index is 12.0. The van der Waals surface area contributed by atoms with Crippen molar-refractivity contribution < 1.29 is 9.59 Å². The number of carbonyl (C=O) groups is 2. The van der Waals surface area contributed by atoms with Crippen LogP contribution in [0.2, 0.25) is 0 Å². The van der Waals surface area contributed by atoms with Gasteiger partial charge >= 0.3 is 6.03 Å². The number of carbonyl (C=O) groups excluding carboxylic acids is 2. The van der Waals surface area contributed by atoms with Crippen molar-refractivity contribution in [3.8, 4) is 0 Å². The molecule has 2 aromatic rings. The monoisotopic (exact) mass is 360 g/mol. The largest absolute Gasteiger partial charge is 0.376 e. The van der Waals surface area contributed by atoms with Gasteiger partial charge in [0.25, 0.3) is 5.91 Å². The number of hydrazine groups is 1. The number of nitrogens with zero attached hydrogens (tertiary/aromatic N) is 1. The summed E-state index contributed by atoms with van der Waals surface area (Å²) in [6.45, 7) is 6.62. The first kappa shape index (κ1) is 18.8. The van der Waals surface area contributed by atoms with Crippen LogP contribution < -0.4 is 16.2 Å². The van der Waals surface area contributed by atoms with E-state index in [1.165, 1.54) is 10.5 Å². The van der Waals surface area contributed by atoms with Crippen molar-refractivity contribution in [1.82, 2.24) is 15.8 Å². The van der Waals surface area contributed by atoms with Crippen LogP contribution in [0.5, 0.6) is 0 Å². The maximum atomic E-state index is 12.0. The molecule has 6 nitrogen and oxygen atoms in total. The number of hydrogen-bond acceptors (Lipinski definition) is 4. The van der Waals surface area contributed by atoms with E-state index in [1.54, 1.807) is 18.4 Å². The zero-order valence-corrected chi connectivity index (χ0v) is 15.8. The molecule has 0 unspecified atom stereocenters. The Kier molecular flexibility index (Phi) is 6.41. The number of benzene rings is 1. The predicted octanol–water partition coefficient (Wildman–Crippen LogP) is 2.96. The normalized spacial score (nSPS) is 10.2. The zero-order chi connectivity index (χ0) is 18.4. The molecule has 7 heteroatoms. The van der Waals surface area contributed by atoms with Crippen LogP contribution in [0.1, 0.15) is 22.3 Å². The molecule has 0 aliphatic rings. The second-order valence-corrected chi connectivity index (χ2v) is 6.87. The minimum absolute atomic E-state index is 0.0826. The average molecular weight is 360 g/mol. The van der Waals surface area contributed by atoms with E-state index in [-0.39, 0.29) is 18.5 Å². The number of nitrogens with one attached hydrogen (secondary N) is 3. The number of hydrogen-bond donors (Lipinski definition) is 3. The third-order valence-corrected chi connectivity index (χ3v) is 4.49. The molecule has 0 bridgehead atoms. The van der Waals surface area contributed by atoms with Gasteiger partial charge in [-0.15, -0.1) is 0 Å². The standard InChI is InChI=1S/C18H24N4O2S/c1-12-7-13(2)17(14(3)8-12)19-9-16(23)20-21-18(24)22(4)10-15-5-6-25-11-15/h5-8,11,19H,9-10H2,1-4H3,(H,20,23)(H,21,24). The van der Waals surface area contributed by atoms with Crippen molar-refractivity contribution in [2.75, 3.05) is 18.9 Å². The van der Waals surface area contributed by atoms with Gasteiger partial charge in [-0.1, -0.05) is 17.7 Å². The Morgan fingerprint density at radius 3 is 2.40 bits per heavy atom. The molecule has 1 aromatic carbocycles. The van der Waals surface area contributed by atoms with Gasteiger partial charge in [0.15, 0.2) is 0 Å². The first-order valence-corrected chi connectivity index (χ1v) is 8.94. The Balaban J connectivity index is 1.78. The zero-order valence-electron chi connectivity index (χ0n) is 15.0. The van der Waals surface area contributed by atoms with Crippen LogP contribution in [0.4, 0.5) is 10.5 Å². The average Bonchev–Trinajstić information content (AvgIpc) is 3.04. The van der Waals surface area contributed by atoms with Gasteiger partial charge in [0, 0.05) is 19.3 Å². The van der Waals surface area contributed by atoms with Gasteiger partial charge in [0.1, 0.15) is 0 Å². The first-order chi connectivity index (χ1) is 11.9. The molecule has 0 atom stereocenters. The van der Waals surface area contributed by atoms with Crippen LogP contribution in [-0.4, -0.2) is 30.4 Å². The van der Waals surface area contributed by atoms with Gasteiger partial charge in [-0.3, -0.25) is 10.2 Å². The van der Waals surface area contributed by atoms with E-state index >= 15 is 0 Å². The van der Waals surface area contributed by atoms with Crippen molar-refractivity contribution >= 4 is 29.0 Å². The minimum Gasteiger partial charge on any atom is -0.376 e. The fourth-order valence-corrected chi connectivity index (χ4v) is 3.28. The van der Waals surface area contributed by atoms with Crippen LogP contribution in [0.3, 0.4) is 0 Å². The molecule has 0 spiro atoms. The van der Waals surface area contributed by atoms with Crippen molar-refractivity contribution in [2.24, 2.45) is 0 Å². The Bertz CT molecular complexity index is 721. The van der Waals surface area contributed by atoms with E-state index in [1.807, 2.05) is 37.6 Å². The third kappa shape index (κ3) is 5.49. The molecule has 25 heavy (non-hydrogen) atoms. The van der Waals surface area contributed by atoms with Crippen molar-refractivity contribution in [1.29, 1.82) is 0 Å². The van der Waals surface area contributed by atoms with E-state index in [2.05, 4.69) is 28.3 Å². The summed E-state index contributed by atoms with van der Waals surface area (Å²) in [4.78, 5) is 25.4. The number of anilines is 1. The molecule has 134 valence electrons. The van der Waals surface area contributed by atoms with Crippen LogP contribution in [0.25, 0.3) is 0 Å². The highest BCUT2D eigenvalue weighted by molar-refractivity contribution is 7.07. The number of urea groups is 1. The molecule has 3 N–H and O–H groups in total. The quantitative estimate of drug-likeness (QED) is 0.718. The van der Waals surface area contributed by atoms with Crippen LogP contribution in [0.15, 0.2) is 29.0 Å². The number of rotatable bonds is 5. The summed E-state index contributed by atoms with van der Waals surface area (Å²) in [7, 11) is 1.68. The highest BCUT2D eigenvalue weighted by Crippen LogP contribution is 2.21. The lowest BCUT2D eigenvalue weighted by molar-refractivity contribution is -0.120. The van der Waals surface area contributed by atoms with Gasteiger partial charge in [-0.05, 0) is 54.3 Å². The van der Waals surface area contributed by atoms with Gasteiger partial charge < -0.3 is 10.2 Å². The highest BCUT2D eigenvalue weighted by Gasteiger charge is 2.11. The SMILES string of the molecule is Cc1cc(C)c(NCC(=O)NNC(=O)N(C)Cc2ccsc2)c(C)c1. The molecule has 0 fully saturated rings. The van der Waals surface area contributed by atoms with Crippen LogP contribution >= 0.6 is 11.3 Å². The summed E-state index contributed by atoms with van der Waals surface area (Å²) in [6.07, 6.45) is 0. The van der Waals surface area contributed by atoms with Gasteiger partial charge in [0.2, 0.25) is 0 Å². The molecule has 0 saturated carbocycles. The molecule has 2 rings (SSSR count). The van der Waals surface area contributed by atoms with Gasteiger partial charge in [-0.25, -0.2) is 10.2 Å². The smallest absolute Gasteiger partial charge is 0.336 e. The first-order valence-electron chi connectivity index (χ1n) is 7.99. The fourth-order valence-electron chi connectivity index (χ4n) is 2.62. The lowest BCUT2D eigenvalue weighted by Crippen LogP contribution is -2.48. The van der Waals surface area contributed by atoms with E-state index in [0.29, 0.717) is 6.54 Å². The molecule has 0 aliphatic heterocycles. The van der Waals surface area contributed by atoms with Gasteiger partial charge in [0.05, 0.1) is 6.54 Å². The molecule has 0 aliphatic carbocycles. The van der Waals surface area contributed by atoms with Crippen molar-refractivity contribution in [3.05, 3.63) is 51.2 Å². The Hall–Kier alpha value is -2.54. The summed E-state index contributed by atoms with van der Waals surface area (Å²) >= 11 is 1.58. The lowest BCUT2D eigenvalue weighted by Gasteiger charge is -2.18. The second-order valence-electron chi connectivity index (χ2n) is 6.09. The fraction of sp³-hybridized carbons (Fsp3) is 0.333. The summed E-state index contributed by atoms with van der Waals surface area (Å²) < 4.78 is 0. The Morgan fingerprint density at radius 2 is 1.80 bits per heavy atom. The molecule has 0 saturated heterocycles. The summed E-state index contributed by atoms with van der Waals surface area (Å²) in [5.74, 6) is -0.309. The summed E-state index contributed by atoms with van der Waals surface area (Å²) in [6, 6.07) is 5.73. The van der Waals surface area contributed by atoms with E-state index < -0.39 is 0 Å². The van der Waals surface area contributed by atoms with E-state index in [4.69, 9.17) is 0 Å². The molecule has 1 aromatic heterocycles. The lowest BCUT2D eigenvalue weighted by atomic mass is 10.1. The van der Waals surface area contributed by atoms with E-state index in [9.17, 15) is 9.59 Å². The summed E-state index contributed by atoms with van der Waals surface area (Å²) in [5, 5.41) is 7.07. The number of aryl methyl sites for hydroxylation is 3. The molecule has 3 amide bonds. The molecular weight excluding hydrogens is 336 g/mol. The maximum Gasteiger partial charge on any atom is 0.336 e. The number of thiophene rings is 1. The molecule has 0 radical (unpaired) electrons. The highest BCUT2D eigenvalue weighted by atomic mass is 32.1. The summed E-state index contributed by atoms with van der Waals surface area (Å²) in [5.41, 5.74) is 10.2. The minimum atomic E-state index is -0.359. The Labute approximate surface area is 152 Å². The predicted molar refractivity (Wildman–Crippen MR) is 102 cm³/mol. The van der Waals surface area contributed by atoms with Crippen LogP contribution in [0, 0.1) is 20.8 Å². The van der Waals surface area contributed by atoms with Crippen LogP contribution in [-0.2, 0) is 11.3 Å². The molecular formula is C18H24N4O2S. The number of amides is 3. The topological polar surface area (TPSA) is 73.5 Å². The second kappa shape index (κ2) is 8.53.